The zero-order valence-electron chi connectivity index (χ0n) is 19.2. The van der Waals surface area contributed by atoms with Crippen LogP contribution in [0.4, 0.5) is 4.79 Å². The quantitative estimate of drug-likeness (QED) is 0.348. The van der Waals surface area contributed by atoms with E-state index in [1.807, 2.05) is 38.1 Å². The molecule has 9 heteroatoms. The molecule has 2 heterocycles. The number of nitrogens with one attached hydrogen (secondary N) is 1. The maximum absolute atomic E-state index is 12.8. The fourth-order valence-corrected chi connectivity index (χ4v) is 3.48. The summed E-state index contributed by atoms with van der Waals surface area (Å²) in [5.74, 6) is -0.542. The summed E-state index contributed by atoms with van der Waals surface area (Å²) in [5.41, 5.74) is 2.74. The van der Waals surface area contributed by atoms with Crippen LogP contribution in [-0.4, -0.2) is 34.5 Å². The van der Waals surface area contributed by atoms with E-state index in [-0.39, 0.29) is 24.6 Å². The lowest BCUT2D eigenvalue weighted by molar-refractivity contribution is -0.123. The number of ether oxygens (including phenoxy) is 2. The van der Waals surface area contributed by atoms with E-state index < -0.39 is 17.9 Å². The molecule has 0 spiro atoms. The summed E-state index contributed by atoms with van der Waals surface area (Å²) in [6, 6.07) is 15.1. The minimum absolute atomic E-state index is 0.0102. The lowest BCUT2D eigenvalue weighted by atomic mass is 10.1. The van der Waals surface area contributed by atoms with Crippen LogP contribution in [0.15, 0.2) is 64.7 Å². The summed E-state index contributed by atoms with van der Waals surface area (Å²) < 4.78 is 16.6. The molecular formula is C26H24N2O7. The normalized spacial score (nSPS) is 14.3. The molecule has 0 aliphatic carbocycles. The molecule has 35 heavy (non-hydrogen) atoms. The van der Waals surface area contributed by atoms with Gasteiger partial charge in [0, 0.05) is 0 Å². The van der Waals surface area contributed by atoms with Crippen molar-refractivity contribution >= 4 is 24.0 Å². The number of carbonyl (C=O) groups excluding carboxylic acids is 2. The molecule has 0 unspecified atom stereocenters. The lowest BCUT2D eigenvalue weighted by Crippen LogP contribution is -2.30. The van der Waals surface area contributed by atoms with Crippen LogP contribution in [0.1, 0.15) is 39.9 Å². The first kappa shape index (κ1) is 23.6. The van der Waals surface area contributed by atoms with E-state index in [1.54, 1.807) is 24.3 Å². The molecule has 4 rings (SSSR count). The Morgan fingerprint density at radius 1 is 1.06 bits per heavy atom. The fourth-order valence-electron chi connectivity index (χ4n) is 3.48. The Kier molecular flexibility index (Phi) is 6.86. The van der Waals surface area contributed by atoms with Crippen LogP contribution in [0, 0.1) is 6.92 Å². The smallest absolute Gasteiger partial charge is 0.371 e. The van der Waals surface area contributed by atoms with Gasteiger partial charge in [0.1, 0.15) is 18.1 Å². The van der Waals surface area contributed by atoms with Crippen molar-refractivity contribution in [2.45, 2.75) is 27.0 Å². The third kappa shape index (κ3) is 5.52. The van der Waals surface area contributed by atoms with Gasteiger partial charge in [-0.1, -0.05) is 35.9 Å². The average molecular weight is 476 g/mol. The van der Waals surface area contributed by atoms with Gasteiger partial charge in [-0.15, -0.1) is 0 Å². The molecule has 3 aromatic rings. The summed E-state index contributed by atoms with van der Waals surface area (Å²) >= 11 is 0. The van der Waals surface area contributed by atoms with Crippen LogP contribution in [0.5, 0.6) is 11.5 Å². The van der Waals surface area contributed by atoms with Crippen molar-refractivity contribution in [2.24, 2.45) is 0 Å². The third-order valence-electron chi connectivity index (χ3n) is 5.24. The van der Waals surface area contributed by atoms with Crippen LogP contribution in [0.25, 0.3) is 6.08 Å². The van der Waals surface area contributed by atoms with Crippen LogP contribution in [0.2, 0.25) is 0 Å². The highest BCUT2D eigenvalue weighted by Gasteiger charge is 2.33. The number of carboxylic acid groups (broad SMARTS) is 1. The van der Waals surface area contributed by atoms with E-state index >= 15 is 0 Å². The third-order valence-corrected chi connectivity index (χ3v) is 5.24. The summed E-state index contributed by atoms with van der Waals surface area (Å²) in [4.78, 5) is 37.4. The Bertz CT molecular complexity index is 1290. The molecule has 0 bridgehead atoms. The Labute approximate surface area is 201 Å². The maximum Gasteiger partial charge on any atom is 0.371 e. The van der Waals surface area contributed by atoms with E-state index in [2.05, 4.69) is 5.32 Å². The van der Waals surface area contributed by atoms with Crippen LogP contribution in [-0.2, 0) is 17.9 Å². The number of hydrogen-bond donors (Lipinski definition) is 2. The molecule has 1 aromatic heterocycles. The number of carboxylic acids is 1. The Morgan fingerprint density at radius 3 is 2.51 bits per heavy atom. The van der Waals surface area contributed by atoms with E-state index in [0.29, 0.717) is 29.4 Å². The second-order valence-electron chi connectivity index (χ2n) is 7.86. The zero-order valence-corrected chi connectivity index (χ0v) is 19.2. The van der Waals surface area contributed by atoms with Gasteiger partial charge in [-0.3, -0.25) is 9.69 Å². The first-order chi connectivity index (χ1) is 16.8. The van der Waals surface area contributed by atoms with Crippen molar-refractivity contribution in [3.63, 3.8) is 0 Å². The predicted octanol–water partition coefficient (Wildman–Crippen LogP) is 4.36. The Morgan fingerprint density at radius 2 is 1.83 bits per heavy atom. The second-order valence-corrected chi connectivity index (χ2v) is 7.86. The minimum atomic E-state index is -1.16. The molecule has 2 N–H and O–H groups in total. The largest absolute Gasteiger partial charge is 0.490 e. The number of urea groups is 1. The predicted molar refractivity (Wildman–Crippen MR) is 126 cm³/mol. The molecule has 180 valence electrons. The zero-order chi connectivity index (χ0) is 24.9. The van der Waals surface area contributed by atoms with Crippen molar-refractivity contribution in [3.8, 4) is 11.5 Å². The SMILES string of the molecule is CCOc1cc(C=C2NC(=O)N(Cc3ccc(C)cc3)C2=O)ccc1OCc1ccc(C(=O)O)o1. The molecule has 0 radical (unpaired) electrons. The van der Waals surface area contributed by atoms with Crippen LogP contribution < -0.4 is 14.8 Å². The number of rotatable bonds is 9. The number of amides is 3. The van der Waals surface area contributed by atoms with Gasteiger partial charge in [0.2, 0.25) is 5.76 Å². The highest BCUT2D eigenvalue weighted by molar-refractivity contribution is 6.13. The second kappa shape index (κ2) is 10.2. The summed E-state index contributed by atoms with van der Waals surface area (Å²) in [5, 5.41) is 11.6. The van der Waals surface area contributed by atoms with Crippen molar-refractivity contribution < 1.29 is 33.4 Å². The molecule has 0 saturated carbocycles. The molecule has 2 aromatic carbocycles. The molecular weight excluding hydrogens is 452 g/mol. The van der Waals surface area contributed by atoms with Crippen molar-refractivity contribution in [3.05, 3.63) is 88.5 Å². The van der Waals surface area contributed by atoms with Gasteiger partial charge in [-0.25, -0.2) is 9.59 Å². The number of aryl methyl sites for hydroxylation is 1. The lowest BCUT2D eigenvalue weighted by Gasteiger charge is -2.12. The Balaban J connectivity index is 1.48. The van der Waals surface area contributed by atoms with Gasteiger partial charge < -0.3 is 24.3 Å². The number of aromatic carboxylic acids is 1. The maximum atomic E-state index is 12.8. The fraction of sp³-hybridized carbons (Fsp3) is 0.192. The minimum Gasteiger partial charge on any atom is -0.490 e. The van der Waals surface area contributed by atoms with E-state index in [0.717, 1.165) is 16.0 Å². The van der Waals surface area contributed by atoms with Gasteiger partial charge in [0.15, 0.2) is 11.5 Å². The van der Waals surface area contributed by atoms with Gasteiger partial charge in [0.25, 0.3) is 5.91 Å². The average Bonchev–Trinajstić information content (AvgIpc) is 3.41. The van der Waals surface area contributed by atoms with Gasteiger partial charge in [-0.05, 0) is 55.3 Å². The van der Waals surface area contributed by atoms with Crippen LogP contribution in [0.3, 0.4) is 0 Å². The number of furan rings is 1. The summed E-state index contributed by atoms with van der Waals surface area (Å²) in [6.07, 6.45) is 1.58. The topological polar surface area (TPSA) is 118 Å². The van der Waals surface area contributed by atoms with Crippen molar-refractivity contribution in [1.29, 1.82) is 0 Å². The van der Waals surface area contributed by atoms with Gasteiger partial charge in [-0.2, -0.15) is 0 Å². The van der Waals surface area contributed by atoms with Crippen LogP contribution >= 0.6 is 0 Å². The molecule has 3 amide bonds. The summed E-state index contributed by atoms with van der Waals surface area (Å²) in [6.45, 7) is 4.36. The van der Waals surface area contributed by atoms with Gasteiger partial charge >= 0.3 is 12.0 Å². The molecule has 1 aliphatic heterocycles. The van der Waals surface area contributed by atoms with Crippen molar-refractivity contribution in [1.82, 2.24) is 10.2 Å². The number of nitrogens with zero attached hydrogens (tertiary/aromatic N) is 1. The first-order valence-electron chi connectivity index (χ1n) is 11.0. The van der Waals surface area contributed by atoms with Gasteiger partial charge in [0.05, 0.1) is 13.2 Å². The number of benzene rings is 2. The molecule has 1 saturated heterocycles. The highest BCUT2D eigenvalue weighted by Crippen LogP contribution is 2.31. The van der Waals surface area contributed by atoms with E-state index in [1.165, 1.54) is 12.1 Å². The summed E-state index contributed by atoms with van der Waals surface area (Å²) in [7, 11) is 0. The van der Waals surface area contributed by atoms with Crippen molar-refractivity contribution in [2.75, 3.05) is 6.61 Å². The first-order valence-corrected chi connectivity index (χ1v) is 11.0. The molecule has 9 nitrogen and oxygen atoms in total. The molecule has 1 aliphatic rings. The molecule has 0 atom stereocenters. The highest BCUT2D eigenvalue weighted by atomic mass is 16.5. The van der Waals surface area contributed by atoms with E-state index in [9.17, 15) is 14.4 Å². The standard InChI is InChI=1S/C26H24N2O7/c1-3-33-23-13-18(8-10-21(23)34-15-19-9-11-22(35-19)25(30)31)12-20-24(29)28(26(32)27-20)14-17-6-4-16(2)5-7-17/h4-13H,3,14-15H2,1-2H3,(H,27,32)(H,30,31). The Hall–Kier alpha value is -4.53. The number of hydrogen-bond acceptors (Lipinski definition) is 6. The monoisotopic (exact) mass is 476 g/mol. The molecule has 1 fully saturated rings. The number of carbonyl (C=O) groups is 3. The van der Waals surface area contributed by atoms with E-state index in [4.69, 9.17) is 19.0 Å². The number of imide groups is 1.